The average Bonchev–Trinajstić information content (AvgIpc) is 3.49. The Balaban J connectivity index is 1.75. The monoisotopic (exact) mass is 443 g/mol. The number of nitrogens with zero attached hydrogens (tertiary/aromatic N) is 2. The number of fused-ring (bicyclic) bond motifs is 2. The quantitative estimate of drug-likeness (QED) is 0.553. The van der Waals surface area contributed by atoms with Crippen molar-refractivity contribution in [2.24, 2.45) is 17.6 Å². The lowest BCUT2D eigenvalue weighted by atomic mass is 9.83. The molecule has 0 bridgehead atoms. The summed E-state index contributed by atoms with van der Waals surface area (Å²) in [6.45, 7) is 4.48. The minimum absolute atomic E-state index is 0.0566. The van der Waals surface area contributed by atoms with Crippen LogP contribution in [0.15, 0.2) is 29.7 Å². The zero-order valence-electron chi connectivity index (χ0n) is 17.3. The van der Waals surface area contributed by atoms with Crippen molar-refractivity contribution in [2.75, 3.05) is 18.0 Å². The fraction of sp³-hybridized carbons (Fsp3) is 0.391. The topological polar surface area (TPSA) is 97.8 Å². The number of carboxylic acid groups (broad SMARTS) is 1. The van der Waals surface area contributed by atoms with E-state index in [9.17, 15) is 9.59 Å². The number of aromatic nitrogens is 1. The van der Waals surface area contributed by atoms with E-state index in [0.717, 1.165) is 19.3 Å². The summed E-state index contributed by atoms with van der Waals surface area (Å²) in [4.78, 5) is 25.7. The van der Waals surface area contributed by atoms with Gasteiger partial charge in [-0.2, -0.15) is 0 Å². The lowest BCUT2D eigenvalue weighted by molar-refractivity contribution is 0.143. The maximum Gasteiger partial charge on any atom is 0.511 e. The number of pyridine rings is 1. The second-order valence-electron chi connectivity index (χ2n) is 8.72. The van der Waals surface area contributed by atoms with Crippen LogP contribution in [0.2, 0.25) is 0 Å². The molecule has 7 nitrogen and oxygen atoms in total. The second-order valence-corrected chi connectivity index (χ2v) is 8.72. The summed E-state index contributed by atoms with van der Waals surface area (Å²) in [7, 11) is 0. The molecule has 32 heavy (non-hydrogen) atoms. The van der Waals surface area contributed by atoms with Gasteiger partial charge in [0.25, 0.3) is 0 Å². The Morgan fingerprint density at radius 3 is 2.66 bits per heavy atom. The largest absolute Gasteiger partial charge is 0.511 e. The molecule has 2 heterocycles. The standard InChI is InChI=1S/C23H23F2N3O4/c1-2-13-17-20(28(12-6-7-12)10-16(22(17)29)32-23(30)31)19(25)21(18(13)24)27-8-11-4-3-5-15(26)14(11)9-27/h2-3,5,10-12,14-15H,1,4,6-9,26H2,(H,30,31). The van der Waals surface area contributed by atoms with Gasteiger partial charge in [-0.1, -0.05) is 24.8 Å². The highest BCUT2D eigenvalue weighted by Crippen LogP contribution is 2.44. The molecule has 0 spiro atoms. The van der Waals surface area contributed by atoms with Crippen LogP contribution in [0.25, 0.3) is 17.0 Å². The molecule has 1 aliphatic heterocycles. The second kappa shape index (κ2) is 7.44. The summed E-state index contributed by atoms with van der Waals surface area (Å²) in [5, 5.41) is 8.73. The highest BCUT2D eigenvalue weighted by Gasteiger charge is 2.40. The number of allylic oxidation sites excluding steroid dienone is 1. The molecule has 3 aliphatic rings. The maximum absolute atomic E-state index is 16.0. The summed E-state index contributed by atoms with van der Waals surface area (Å²) in [5.74, 6) is -1.95. The molecule has 0 amide bonds. The van der Waals surface area contributed by atoms with Crippen LogP contribution in [0.4, 0.5) is 19.3 Å². The number of nitrogens with two attached hydrogens (primary N) is 1. The van der Waals surface area contributed by atoms with Gasteiger partial charge >= 0.3 is 6.16 Å². The number of ether oxygens (including phenoxy) is 1. The molecule has 168 valence electrons. The predicted molar refractivity (Wildman–Crippen MR) is 116 cm³/mol. The normalized spacial score (nSPS) is 24.6. The Morgan fingerprint density at radius 2 is 2.03 bits per heavy atom. The molecule has 2 fully saturated rings. The first-order valence-electron chi connectivity index (χ1n) is 10.6. The highest BCUT2D eigenvalue weighted by atomic mass is 19.1. The third kappa shape index (κ3) is 3.10. The van der Waals surface area contributed by atoms with Gasteiger partial charge in [-0.15, -0.1) is 0 Å². The summed E-state index contributed by atoms with van der Waals surface area (Å²) in [5.41, 5.74) is 4.90. The van der Waals surface area contributed by atoms with Gasteiger partial charge in [0, 0.05) is 30.7 Å². The molecule has 9 heteroatoms. The first-order chi connectivity index (χ1) is 15.3. The van der Waals surface area contributed by atoms with Crippen LogP contribution in [0.1, 0.15) is 30.9 Å². The number of hydrogen-bond acceptors (Lipinski definition) is 5. The number of benzene rings is 1. The van der Waals surface area contributed by atoms with Crippen LogP contribution >= 0.6 is 0 Å². The molecule has 0 radical (unpaired) electrons. The van der Waals surface area contributed by atoms with Crippen LogP contribution in [0, 0.1) is 23.5 Å². The van der Waals surface area contributed by atoms with E-state index in [1.165, 1.54) is 16.8 Å². The molecule has 1 saturated carbocycles. The first kappa shape index (κ1) is 20.7. The van der Waals surface area contributed by atoms with Crippen LogP contribution in [-0.4, -0.2) is 35.0 Å². The van der Waals surface area contributed by atoms with Crippen molar-refractivity contribution in [1.82, 2.24) is 4.57 Å². The van der Waals surface area contributed by atoms with Crippen molar-refractivity contribution >= 4 is 28.8 Å². The average molecular weight is 443 g/mol. The van der Waals surface area contributed by atoms with Gasteiger partial charge in [-0.05, 0) is 31.1 Å². The number of anilines is 1. The predicted octanol–water partition coefficient (Wildman–Crippen LogP) is 3.65. The van der Waals surface area contributed by atoms with E-state index in [-0.39, 0.29) is 46.1 Å². The number of halogens is 2. The van der Waals surface area contributed by atoms with Crippen molar-refractivity contribution in [3.05, 3.63) is 52.3 Å². The number of carbonyl (C=O) groups is 1. The molecule has 5 rings (SSSR count). The molecule has 3 N–H and O–H groups in total. The molecule has 1 saturated heterocycles. The summed E-state index contributed by atoms with van der Waals surface area (Å²) in [6.07, 6.45) is 6.89. The van der Waals surface area contributed by atoms with Crippen molar-refractivity contribution in [1.29, 1.82) is 0 Å². The number of hydrogen-bond donors (Lipinski definition) is 2. The lowest BCUT2D eigenvalue weighted by Gasteiger charge is -2.25. The van der Waals surface area contributed by atoms with E-state index in [4.69, 9.17) is 10.8 Å². The van der Waals surface area contributed by atoms with Crippen LogP contribution in [0.5, 0.6) is 5.75 Å². The van der Waals surface area contributed by atoms with Gasteiger partial charge in [-0.3, -0.25) is 4.79 Å². The van der Waals surface area contributed by atoms with Gasteiger partial charge in [0.05, 0.1) is 17.1 Å². The SMILES string of the molecule is C=Cc1c(F)c(N2CC3CC=CC(N)C3C2)c(F)c2c1c(=O)c(OC(=O)O)cn2C1CC1. The zero-order chi connectivity index (χ0) is 22.7. The molecule has 2 aromatic rings. The van der Waals surface area contributed by atoms with E-state index in [1.54, 1.807) is 4.90 Å². The zero-order valence-corrected chi connectivity index (χ0v) is 17.3. The Kier molecular flexibility index (Phi) is 4.81. The van der Waals surface area contributed by atoms with Crippen molar-refractivity contribution in [3.8, 4) is 5.75 Å². The van der Waals surface area contributed by atoms with E-state index in [1.807, 2.05) is 12.2 Å². The molecule has 1 aromatic heterocycles. The van der Waals surface area contributed by atoms with Gasteiger partial charge in [0.2, 0.25) is 5.43 Å². The molecule has 3 atom stereocenters. The smallest absolute Gasteiger partial charge is 0.449 e. The van der Waals surface area contributed by atoms with Crippen LogP contribution in [-0.2, 0) is 0 Å². The van der Waals surface area contributed by atoms with Gasteiger partial charge in [-0.25, -0.2) is 13.6 Å². The number of rotatable bonds is 4. The van der Waals surface area contributed by atoms with E-state index in [2.05, 4.69) is 11.3 Å². The summed E-state index contributed by atoms with van der Waals surface area (Å²) in [6, 6.07) is -0.303. The third-order valence-corrected chi connectivity index (χ3v) is 6.77. The Hall–Kier alpha value is -3.20. The van der Waals surface area contributed by atoms with E-state index >= 15 is 8.78 Å². The third-order valence-electron chi connectivity index (χ3n) is 6.77. The summed E-state index contributed by atoms with van der Waals surface area (Å²) >= 11 is 0. The molecule has 3 unspecified atom stereocenters. The van der Waals surface area contributed by atoms with Crippen molar-refractivity contribution in [3.63, 3.8) is 0 Å². The maximum atomic E-state index is 16.0. The Bertz CT molecular complexity index is 1230. The first-order valence-corrected chi connectivity index (χ1v) is 10.6. The Morgan fingerprint density at radius 1 is 1.28 bits per heavy atom. The summed E-state index contributed by atoms with van der Waals surface area (Å²) < 4.78 is 37.9. The fourth-order valence-electron chi connectivity index (χ4n) is 5.12. The van der Waals surface area contributed by atoms with Gasteiger partial charge < -0.3 is 25.0 Å². The van der Waals surface area contributed by atoms with Gasteiger partial charge in [0.1, 0.15) is 5.69 Å². The minimum atomic E-state index is -1.67. The van der Waals surface area contributed by atoms with E-state index < -0.39 is 29.0 Å². The molecule has 2 aliphatic carbocycles. The van der Waals surface area contributed by atoms with Crippen LogP contribution in [0.3, 0.4) is 0 Å². The highest BCUT2D eigenvalue weighted by molar-refractivity contribution is 5.93. The lowest BCUT2D eigenvalue weighted by Crippen LogP contribution is -2.35. The van der Waals surface area contributed by atoms with Crippen molar-refractivity contribution in [2.45, 2.75) is 31.3 Å². The minimum Gasteiger partial charge on any atom is -0.449 e. The van der Waals surface area contributed by atoms with Crippen molar-refractivity contribution < 1.29 is 23.4 Å². The molecule has 1 aromatic carbocycles. The Labute approximate surface area is 182 Å². The van der Waals surface area contributed by atoms with Gasteiger partial charge in [0.15, 0.2) is 17.4 Å². The molecular weight excluding hydrogens is 420 g/mol. The molecular formula is C23H23F2N3O4. The van der Waals surface area contributed by atoms with E-state index in [0.29, 0.717) is 13.1 Å². The fourth-order valence-corrected chi connectivity index (χ4v) is 5.12. The van der Waals surface area contributed by atoms with Crippen LogP contribution < -0.4 is 20.8 Å².